The van der Waals surface area contributed by atoms with Gasteiger partial charge in [0.25, 0.3) is 0 Å². The lowest BCUT2D eigenvalue weighted by atomic mass is 10.0. The summed E-state index contributed by atoms with van der Waals surface area (Å²) in [6.07, 6.45) is 59.4. The van der Waals surface area contributed by atoms with Gasteiger partial charge in [0.15, 0.2) is 12.4 Å². The molecule has 0 aromatic carbocycles. The number of nitrogens with zero attached hydrogens (tertiary/aromatic N) is 1. The number of rotatable bonds is 49. The van der Waals surface area contributed by atoms with E-state index in [1.807, 2.05) is 21.1 Å². The van der Waals surface area contributed by atoms with E-state index in [-0.39, 0.29) is 38.6 Å². The first-order chi connectivity index (χ1) is 32.6. The Hall–Kier alpha value is -3.27. The van der Waals surface area contributed by atoms with Crippen molar-refractivity contribution in [1.29, 1.82) is 0 Å². The molecular formula is C58H101NO8. The number of allylic oxidation sites excluding steroid dienone is 12. The number of esters is 2. The largest absolute Gasteiger partial charge is 0.545 e. The molecule has 0 aliphatic carbocycles. The van der Waals surface area contributed by atoms with Crippen LogP contribution in [0.2, 0.25) is 0 Å². The molecule has 0 radical (unpaired) electrons. The van der Waals surface area contributed by atoms with Crippen LogP contribution in [0.1, 0.15) is 219 Å². The molecule has 0 saturated heterocycles. The van der Waals surface area contributed by atoms with Gasteiger partial charge in [-0.05, 0) is 83.5 Å². The number of carbonyl (C=O) groups excluding carboxylic acids is 3. The fourth-order valence-electron chi connectivity index (χ4n) is 7.26. The smallest absolute Gasteiger partial charge is 0.306 e. The van der Waals surface area contributed by atoms with Gasteiger partial charge in [0.05, 0.1) is 40.3 Å². The highest BCUT2D eigenvalue weighted by molar-refractivity contribution is 5.70. The minimum absolute atomic E-state index is 0.143. The number of likely N-dealkylation sites (N-methyl/N-ethyl adjacent to an activating group) is 1. The van der Waals surface area contributed by atoms with E-state index in [1.54, 1.807) is 0 Å². The summed E-state index contributed by atoms with van der Waals surface area (Å²) in [5.41, 5.74) is 0. The minimum atomic E-state index is -1.63. The monoisotopic (exact) mass is 940 g/mol. The molecule has 0 spiro atoms. The lowest BCUT2D eigenvalue weighted by molar-refractivity contribution is -0.870. The second kappa shape index (κ2) is 49.2. The van der Waals surface area contributed by atoms with Gasteiger partial charge >= 0.3 is 11.9 Å². The number of aliphatic carboxylic acids is 1. The fourth-order valence-corrected chi connectivity index (χ4v) is 7.26. The maximum atomic E-state index is 12.8. The number of hydrogen-bond donors (Lipinski definition) is 0. The number of unbranched alkanes of at least 4 members (excludes halogenated alkanes) is 22. The molecule has 0 N–H and O–H groups in total. The maximum Gasteiger partial charge on any atom is 0.306 e. The highest BCUT2D eigenvalue weighted by Crippen LogP contribution is 2.15. The maximum absolute atomic E-state index is 12.8. The van der Waals surface area contributed by atoms with Gasteiger partial charge in [-0.25, -0.2) is 0 Å². The SMILES string of the molecule is CC/C=C\C/C=C\C/C=C\C/C=C\C/C=C\CCCCCCCCCCCCCC(=O)OC(COC(=O)CCCCCCC/C=C\CCCCCCCC)COC(OCC[N+](C)(C)C)C(=O)[O-]. The quantitative estimate of drug-likeness (QED) is 0.0195. The molecule has 0 fully saturated rings. The summed E-state index contributed by atoms with van der Waals surface area (Å²) in [5.74, 6) is -2.30. The second-order valence-electron chi connectivity index (χ2n) is 19.1. The number of carbonyl (C=O) groups is 3. The van der Waals surface area contributed by atoms with Crippen LogP contribution >= 0.6 is 0 Å². The normalized spacial score (nSPS) is 13.4. The molecule has 9 heteroatoms. The lowest BCUT2D eigenvalue weighted by Crippen LogP contribution is -2.44. The van der Waals surface area contributed by atoms with E-state index in [9.17, 15) is 19.5 Å². The Morgan fingerprint density at radius 3 is 1.28 bits per heavy atom. The molecule has 0 aromatic rings. The standard InChI is InChI=1S/C58H101NO8/c1-6-8-10-12-14-16-18-20-22-23-24-25-26-27-28-29-30-31-32-33-35-37-39-41-43-45-47-49-56(61)67-54(53-66-58(57(62)63)64-51-50-59(3,4)5)52-65-55(60)48-46-44-42-40-38-36-34-21-19-17-15-13-11-9-7-2/h8,10,14,16,20-22,24-25,27-28,34,54,58H,6-7,9,11-13,15,17-19,23,26,29-33,35-53H2,1-5H3/b10-8-,16-14-,22-20-,25-24-,28-27-,34-21-. The minimum Gasteiger partial charge on any atom is -0.545 e. The summed E-state index contributed by atoms with van der Waals surface area (Å²) in [7, 11) is 5.91. The van der Waals surface area contributed by atoms with Gasteiger partial charge in [-0.1, -0.05) is 196 Å². The van der Waals surface area contributed by atoms with Crippen LogP contribution in [0, 0.1) is 0 Å². The molecule has 0 heterocycles. The molecule has 2 atom stereocenters. The van der Waals surface area contributed by atoms with Crippen molar-refractivity contribution in [3.8, 4) is 0 Å². The molecule has 0 saturated carbocycles. The fraction of sp³-hybridized carbons (Fsp3) is 0.741. The van der Waals surface area contributed by atoms with Crippen LogP contribution in [-0.4, -0.2) is 82.3 Å². The van der Waals surface area contributed by atoms with Gasteiger partial charge in [-0.15, -0.1) is 0 Å². The third-order valence-electron chi connectivity index (χ3n) is 11.4. The van der Waals surface area contributed by atoms with E-state index < -0.39 is 24.3 Å². The zero-order valence-electron chi connectivity index (χ0n) is 43.8. The number of carboxylic acids is 1. The molecule has 0 aliphatic rings. The average Bonchev–Trinajstić information content (AvgIpc) is 3.29. The van der Waals surface area contributed by atoms with Crippen molar-refractivity contribution >= 4 is 17.9 Å². The predicted octanol–water partition coefficient (Wildman–Crippen LogP) is 14.1. The van der Waals surface area contributed by atoms with Crippen molar-refractivity contribution in [2.24, 2.45) is 0 Å². The summed E-state index contributed by atoms with van der Waals surface area (Å²) in [4.78, 5) is 37.2. The first-order valence-corrected chi connectivity index (χ1v) is 27.1. The van der Waals surface area contributed by atoms with Crippen LogP contribution in [0.5, 0.6) is 0 Å². The number of hydrogen-bond acceptors (Lipinski definition) is 8. The van der Waals surface area contributed by atoms with Crippen molar-refractivity contribution in [2.45, 2.75) is 232 Å². The molecule has 67 heavy (non-hydrogen) atoms. The van der Waals surface area contributed by atoms with E-state index in [0.717, 1.165) is 96.3 Å². The van der Waals surface area contributed by atoms with Gasteiger partial charge in [0, 0.05) is 12.8 Å². The summed E-state index contributed by atoms with van der Waals surface area (Å²) < 4.78 is 22.6. The molecule has 0 bridgehead atoms. The first-order valence-electron chi connectivity index (χ1n) is 27.1. The number of quaternary nitrogens is 1. The van der Waals surface area contributed by atoms with E-state index >= 15 is 0 Å². The second-order valence-corrected chi connectivity index (χ2v) is 19.1. The van der Waals surface area contributed by atoms with Gasteiger partial charge in [0.2, 0.25) is 0 Å². The number of carboxylic acid groups (broad SMARTS) is 1. The molecule has 9 nitrogen and oxygen atoms in total. The highest BCUT2D eigenvalue weighted by Gasteiger charge is 2.22. The van der Waals surface area contributed by atoms with Crippen LogP contribution in [0.15, 0.2) is 72.9 Å². The van der Waals surface area contributed by atoms with Crippen molar-refractivity contribution in [3.63, 3.8) is 0 Å². The average molecular weight is 940 g/mol. The summed E-state index contributed by atoms with van der Waals surface area (Å²) in [5, 5.41) is 11.7. The lowest BCUT2D eigenvalue weighted by Gasteiger charge is -2.26. The van der Waals surface area contributed by atoms with Crippen LogP contribution < -0.4 is 5.11 Å². The summed E-state index contributed by atoms with van der Waals surface area (Å²) in [6.45, 7) is 4.61. The Balaban J connectivity index is 4.28. The Morgan fingerprint density at radius 1 is 0.463 bits per heavy atom. The highest BCUT2D eigenvalue weighted by atomic mass is 16.7. The molecule has 2 unspecified atom stereocenters. The molecule has 386 valence electrons. The van der Waals surface area contributed by atoms with E-state index in [1.165, 1.54) is 89.9 Å². The summed E-state index contributed by atoms with van der Waals surface area (Å²) in [6, 6.07) is 0. The van der Waals surface area contributed by atoms with E-state index in [2.05, 4.69) is 86.8 Å². The van der Waals surface area contributed by atoms with E-state index in [0.29, 0.717) is 17.4 Å². The molecular weight excluding hydrogens is 839 g/mol. The van der Waals surface area contributed by atoms with Gasteiger partial charge < -0.3 is 33.3 Å². The number of ether oxygens (including phenoxy) is 4. The topological polar surface area (TPSA) is 111 Å². The van der Waals surface area contributed by atoms with Crippen molar-refractivity contribution in [2.75, 3.05) is 47.5 Å². The first kappa shape index (κ1) is 63.7. The van der Waals surface area contributed by atoms with E-state index in [4.69, 9.17) is 18.9 Å². The van der Waals surface area contributed by atoms with Crippen LogP contribution in [-0.2, 0) is 33.3 Å². The van der Waals surface area contributed by atoms with Crippen molar-refractivity contribution < 1.29 is 42.9 Å². The zero-order valence-corrected chi connectivity index (χ0v) is 43.8. The zero-order chi connectivity index (χ0) is 49.2. The van der Waals surface area contributed by atoms with Crippen molar-refractivity contribution in [1.82, 2.24) is 0 Å². The van der Waals surface area contributed by atoms with Gasteiger partial charge in [0.1, 0.15) is 13.2 Å². The predicted molar refractivity (Wildman–Crippen MR) is 278 cm³/mol. The molecule has 0 aliphatic heterocycles. The van der Waals surface area contributed by atoms with Crippen LogP contribution in [0.25, 0.3) is 0 Å². The Bertz CT molecular complexity index is 1330. The Morgan fingerprint density at radius 2 is 0.851 bits per heavy atom. The van der Waals surface area contributed by atoms with Gasteiger partial charge in [-0.2, -0.15) is 0 Å². The van der Waals surface area contributed by atoms with Crippen molar-refractivity contribution in [3.05, 3.63) is 72.9 Å². The molecule has 0 aromatic heterocycles. The molecule has 0 amide bonds. The Labute approximate surface area is 411 Å². The summed E-state index contributed by atoms with van der Waals surface area (Å²) >= 11 is 0. The van der Waals surface area contributed by atoms with Crippen LogP contribution in [0.4, 0.5) is 0 Å². The third-order valence-corrected chi connectivity index (χ3v) is 11.4. The van der Waals surface area contributed by atoms with Gasteiger partial charge in [-0.3, -0.25) is 9.59 Å². The van der Waals surface area contributed by atoms with Crippen LogP contribution in [0.3, 0.4) is 0 Å². The molecule has 0 rings (SSSR count). The third kappa shape index (κ3) is 50.4. The Kier molecular flexibility index (Phi) is 46.8.